The van der Waals surface area contributed by atoms with Gasteiger partial charge in [-0.15, -0.1) is 0 Å². The van der Waals surface area contributed by atoms with Crippen LogP contribution in [0.2, 0.25) is 0 Å². The van der Waals surface area contributed by atoms with E-state index in [9.17, 15) is 0 Å². The fraction of sp³-hybridized carbons (Fsp3) is 0.500. The lowest BCUT2D eigenvalue weighted by Gasteiger charge is -2.08. The van der Waals surface area contributed by atoms with Crippen molar-refractivity contribution in [2.75, 3.05) is 7.11 Å². The summed E-state index contributed by atoms with van der Waals surface area (Å²) in [6.07, 6.45) is 0. The largest absolute Gasteiger partial charge is 0.481 e. The van der Waals surface area contributed by atoms with E-state index in [1.165, 1.54) is 16.8 Å². The molecule has 0 saturated heterocycles. The van der Waals surface area contributed by atoms with Crippen LogP contribution >= 0.6 is 0 Å². The first-order valence-electron chi connectivity index (χ1n) is 8.27. The van der Waals surface area contributed by atoms with Crippen LogP contribution < -0.4 is 4.74 Å². The van der Waals surface area contributed by atoms with Gasteiger partial charge < -0.3 is 4.74 Å². The van der Waals surface area contributed by atoms with Crippen LogP contribution in [0.25, 0.3) is 0 Å². The lowest BCUT2D eigenvalue weighted by Crippen LogP contribution is -1.95. The van der Waals surface area contributed by atoms with Gasteiger partial charge in [-0.1, -0.05) is 39.8 Å². The average molecular weight is 316 g/mol. The van der Waals surface area contributed by atoms with Crippen molar-refractivity contribution >= 4 is 0 Å². The van der Waals surface area contributed by atoms with Gasteiger partial charge in [-0.3, -0.25) is 4.98 Å². The van der Waals surface area contributed by atoms with Gasteiger partial charge in [0.15, 0.2) is 0 Å². The standard InChI is InChI=1S/C10H15N.C8H11NO.C2H6/c1-7(2)10-6-5-8(3)11-9(10)4;1-6-4-5-8(10-3)9-7(6)2;1-2/h5-7H,1-4H3;4-5H,1-3H3;1-2H3. The predicted molar refractivity (Wildman–Crippen MR) is 99.4 cm³/mol. The Kier molecular flexibility index (Phi) is 9.87. The predicted octanol–water partition coefficient (Wildman–Crippen LogP) is 5.56. The lowest BCUT2D eigenvalue weighted by atomic mass is 10.0. The molecule has 0 amide bonds. The highest BCUT2D eigenvalue weighted by Gasteiger charge is 2.02. The fourth-order valence-electron chi connectivity index (χ4n) is 2.03. The van der Waals surface area contributed by atoms with Gasteiger partial charge in [0.05, 0.1) is 7.11 Å². The smallest absolute Gasteiger partial charge is 0.213 e. The van der Waals surface area contributed by atoms with Crippen LogP contribution in [0.1, 0.15) is 61.8 Å². The Bertz CT molecular complexity index is 592. The summed E-state index contributed by atoms with van der Waals surface area (Å²) in [5, 5.41) is 0. The Morgan fingerprint density at radius 3 is 1.87 bits per heavy atom. The molecule has 0 atom stereocenters. The summed E-state index contributed by atoms with van der Waals surface area (Å²) in [6, 6.07) is 8.11. The molecule has 0 radical (unpaired) electrons. The van der Waals surface area contributed by atoms with Crippen LogP contribution in [0.3, 0.4) is 0 Å². The molecular weight excluding hydrogens is 284 g/mol. The number of methoxy groups -OCH3 is 1. The van der Waals surface area contributed by atoms with E-state index < -0.39 is 0 Å². The first-order valence-corrected chi connectivity index (χ1v) is 8.27. The van der Waals surface area contributed by atoms with E-state index in [1.54, 1.807) is 7.11 Å². The van der Waals surface area contributed by atoms with Gasteiger partial charge in [-0.25, -0.2) is 4.98 Å². The van der Waals surface area contributed by atoms with E-state index in [2.05, 4.69) is 42.9 Å². The Hall–Kier alpha value is -1.90. The van der Waals surface area contributed by atoms with Crippen LogP contribution in [0.15, 0.2) is 24.3 Å². The van der Waals surface area contributed by atoms with Gasteiger partial charge in [0.25, 0.3) is 0 Å². The Labute approximate surface area is 142 Å². The van der Waals surface area contributed by atoms with Crippen molar-refractivity contribution in [1.29, 1.82) is 0 Å². The monoisotopic (exact) mass is 316 g/mol. The molecule has 0 N–H and O–H groups in total. The molecule has 3 heteroatoms. The van der Waals surface area contributed by atoms with Gasteiger partial charge >= 0.3 is 0 Å². The summed E-state index contributed by atoms with van der Waals surface area (Å²) in [5.41, 5.74) is 5.85. The molecule has 0 aliphatic rings. The lowest BCUT2D eigenvalue weighted by molar-refractivity contribution is 0.396. The maximum atomic E-state index is 4.94. The molecule has 0 fully saturated rings. The second-order valence-corrected chi connectivity index (χ2v) is 5.54. The number of rotatable bonds is 2. The second-order valence-electron chi connectivity index (χ2n) is 5.54. The maximum Gasteiger partial charge on any atom is 0.213 e. The summed E-state index contributed by atoms with van der Waals surface area (Å²) in [5.74, 6) is 1.27. The van der Waals surface area contributed by atoms with E-state index in [-0.39, 0.29) is 0 Å². The van der Waals surface area contributed by atoms with Crippen LogP contribution in [0, 0.1) is 27.7 Å². The SMILES string of the molecule is CC.COc1ccc(C)c(C)n1.Cc1ccc(C(C)C)c(C)n1. The van der Waals surface area contributed by atoms with Crippen LogP contribution in [0.5, 0.6) is 5.88 Å². The van der Waals surface area contributed by atoms with Gasteiger partial charge in [0.1, 0.15) is 0 Å². The molecule has 2 rings (SSSR count). The Morgan fingerprint density at radius 2 is 1.43 bits per heavy atom. The highest BCUT2D eigenvalue weighted by Crippen LogP contribution is 2.16. The Morgan fingerprint density at radius 1 is 0.826 bits per heavy atom. The maximum absolute atomic E-state index is 4.94. The number of hydrogen-bond acceptors (Lipinski definition) is 3. The van der Waals surface area contributed by atoms with E-state index in [1.807, 2.05) is 46.8 Å². The van der Waals surface area contributed by atoms with Crippen molar-refractivity contribution in [2.45, 2.75) is 61.3 Å². The highest BCUT2D eigenvalue weighted by molar-refractivity contribution is 5.24. The third-order valence-corrected chi connectivity index (χ3v) is 3.42. The topological polar surface area (TPSA) is 35.0 Å². The molecule has 0 spiro atoms. The van der Waals surface area contributed by atoms with Crippen molar-refractivity contribution in [2.24, 2.45) is 0 Å². The van der Waals surface area contributed by atoms with Crippen molar-refractivity contribution < 1.29 is 4.74 Å². The minimum Gasteiger partial charge on any atom is -0.481 e. The zero-order chi connectivity index (χ0) is 18.0. The average Bonchev–Trinajstić information content (AvgIpc) is 2.52. The van der Waals surface area contributed by atoms with Gasteiger partial charge in [0.2, 0.25) is 5.88 Å². The molecule has 0 bridgehead atoms. The third kappa shape index (κ3) is 7.27. The van der Waals surface area contributed by atoms with Gasteiger partial charge in [0, 0.05) is 23.1 Å². The van der Waals surface area contributed by atoms with E-state index in [0.29, 0.717) is 11.8 Å². The molecule has 0 aliphatic heterocycles. The summed E-state index contributed by atoms with van der Waals surface area (Å²) < 4.78 is 4.94. The zero-order valence-electron chi connectivity index (χ0n) is 16.2. The van der Waals surface area contributed by atoms with E-state index in [0.717, 1.165) is 11.4 Å². The highest BCUT2D eigenvalue weighted by atomic mass is 16.5. The summed E-state index contributed by atoms with van der Waals surface area (Å²) in [4.78, 5) is 8.56. The number of nitrogens with zero attached hydrogens (tertiary/aromatic N) is 2. The zero-order valence-corrected chi connectivity index (χ0v) is 16.2. The second kappa shape index (κ2) is 10.8. The molecule has 0 unspecified atom stereocenters. The van der Waals surface area contributed by atoms with Crippen LogP contribution in [0.4, 0.5) is 0 Å². The molecule has 0 aromatic carbocycles. The summed E-state index contributed by atoms with van der Waals surface area (Å²) in [6.45, 7) is 16.5. The van der Waals surface area contributed by atoms with Crippen molar-refractivity contribution in [3.8, 4) is 5.88 Å². The summed E-state index contributed by atoms with van der Waals surface area (Å²) >= 11 is 0. The first-order chi connectivity index (χ1) is 10.8. The van der Waals surface area contributed by atoms with E-state index in [4.69, 9.17) is 4.74 Å². The van der Waals surface area contributed by atoms with Gasteiger partial charge in [-0.2, -0.15) is 0 Å². The molecule has 2 heterocycles. The van der Waals surface area contributed by atoms with Crippen LogP contribution in [-0.2, 0) is 0 Å². The quantitative estimate of drug-likeness (QED) is 0.728. The first kappa shape index (κ1) is 21.1. The number of aromatic nitrogens is 2. The third-order valence-electron chi connectivity index (χ3n) is 3.42. The molecule has 0 aliphatic carbocycles. The number of pyridine rings is 2. The number of ether oxygens (including phenoxy) is 1. The van der Waals surface area contributed by atoms with E-state index >= 15 is 0 Å². The Balaban J connectivity index is 0.000000381. The van der Waals surface area contributed by atoms with Crippen molar-refractivity contribution in [1.82, 2.24) is 9.97 Å². The number of hydrogen-bond donors (Lipinski definition) is 0. The molecule has 3 nitrogen and oxygen atoms in total. The molecule has 23 heavy (non-hydrogen) atoms. The molecule has 0 saturated carbocycles. The molecule has 2 aromatic heterocycles. The summed E-state index contributed by atoms with van der Waals surface area (Å²) in [7, 11) is 1.62. The normalized spacial score (nSPS) is 9.48. The minimum absolute atomic E-state index is 0.586. The number of aryl methyl sites for hydroxylation is 4. The van der Waals surface area contributed by atoms with Gasteiger partial charge in [-0.05, 0) is 50.8 Å². The molecule has 128 valence electrons. The van der Waals surface area contributed by atoms with Crippen LogP contribution in [-0.4, -0.2) is 17.1 Å². The van der Waals surface area contributed by atoms with Crippen molar-refractivity contribution in [3.63, 3.8) is 0 Å². The molecular formula is C20H32N2O. The minimum atomic E-state index is 0.586. The molecule has 2 aromatic rings. The fourth-order valence-corrected chi connectivity index (χ4v) is 2.03. The van der Waals surface area contributed by atoms with Crippen molar-refractivity contribution in [3.05, 3.63) is 52.5 Å².